The number of rotatable bonds is 7. The molecule has 0 radical (unpaired) electrons. The van der Waals surface area contributed by atoms with Crippen LogP contribution >= 0.6 is 0 Å². The van der Waals surface area contributed by atoms with Gasteiger partial charge in [0.2, 0.25) is 0 Å². The van der Waals surface area contributed by atoms with E-state index in [1.807, 2.05) is 6.07 Å². The normalized spacial score (nSPS) is 22.4. The van der Waals surface area contributed by atoms with Crippen LogP contribution < -0.4 is 15.5 Å². The molecule has 2 heterocycles. The zero-order valence-electron chi connectivity index (χ0n) is 17.9. The highest BCUT2D eigenvalue weighted by molar-refractivity contribution is 5.80. The monoisotopic (exact) mass is 405 g/mol. The van der Waals surface area contributed by atoms with E-state index in [9.17, 15) is 4.39 Å². The summed E-state index contributed by atoms with van der Waals surface area (Å²) in [5.41, 5.74) is 0.956. The lowest BCUT2D eigenvalue weighted by molar-refractivity contribution is 0.0323. The SMILES string of the molecule is CCNC(=NCC(C)CN1CCOCC1)NC1CCCN(c2cccc(F)c2)C1. The van der Waals surface area contributed by atoms with Crippen LogP contribution in [0.2, 0.25) is 0 Å². The van der Waals surface area contributed by atoms with Crippen molar-refractivity contribution in [2.24, 2.45) is 10.9 Å². The van der Waals surface area contributed by atoms with Crippen molar-refractivity contribution in [2.75, 3.05) is 63.9 Å². The van der Waals surface area contributed by atoms with Crippen LogP contribution in [0.25, 0.3) is 0 Å². The smallest absolute Gasteiger partial charge is 0.191 e. The second-order valence-electron chi connectivity index (χ2n) is 8.15. The minimum absolute atomic E-state index is 0.179. The third-order valence-electron chi connectivity index (χ3n) is 5.51. The molecule has 7 heteroatoms. The first-order valence-electron chi connectivity index (χ1n) is 11.0. The van der Waals surface area contributed by atoms with Gasteiger partial charge in [0.1, 0.15) is 5.82 Å². The third kappa shape index (κ3) is 7.16. The van der Waals surface area contributed by atoms with Gasteiger partial charge in [0.05, 0.1) is 13.2 Å². The Balaban J connectivity index is 1.52. The molecule has 0 bridgehead atoms. The van der Waals surface area contributed by atoms with Crippen LogP contribution in [0.4, 0.5) is 10.1 Å². The number of ether oxygens (including phenoxy) is 1. The van der Waals surface area contributed by atoms with Crippen molar-refractivity contribution in [3.63, 3.8) is 0 Å². The van der Waals surface area contributed by atoms with Gasteiger partial charge in [-0.25, -0.2) is 4.39 Å². The number of morpholine rings is 1. The van der Waals surface area contributed by atoms with E-state index in [0.29, 0.717) is 12.0 Å². The Morgan fingerprint density at radius 1 is 1.31 bits per heavy atom. The van der Waals surface area contributed by atoms with Crippen molar-refractivity contribution in [3.05, 3.63) is 30.1 Å². The molecular formula is C22H36FN5O. The van der Waals surface area contributed by atoms with Crippen LogP contribution in [0.5, 0.6) is 0 Å². The molecule has 0 aromatic heterocycles. The first-order chi connectivity index (χ1) is 14.1. The first kappa shape index (κ1) is 21.8. The highest BCUT2D eigenvalue weighted by atomic mass is 19.1. The Labute approximate surface area is 174 Å². The molecule has 6 nitrogen and oxygen atoms in total. The fourth-order valence-electron chi connectivity index (χ4n) is 4.05. The van der Waals surface area contributed by atoms with Crippen LogP contribution in [0, 0.1) is 11.7 Å². The number of piperidine rings is 1. The number of nitrogens with one attached hydrogen (secondary N) is 2. The van der Waals surface area contributed by atoms with Crippen LogP contribution in [-0.4, -0.2) is 75.9 Å². The summed E-state index contributed by atoms with van der Waals surface area (Å²) in [5.74, 6) is 1.20. The molecule has 0 saturated carbocycles. The molecule has 2 aliphatic heterocycles. The average molecular weight is 406 g/mol. The van der Waals surface area contributed by atoms with E-state index in [2.05, 4.69) is 34.3 Å². The third-order valence-corrected chi connectivity index (χ3v) is 5.51. The highest BCUT2D eigenvalue weighted by Crippen LogP contribution is 2.20. The molecule has 2 atom stereocenters. The summed E-state index contributed by atoms with van der Waals surface area (Å²) in [6.07, 6.45) is 2.18. The van der Waals surface area contributed by atoms with Gasteiger partial charge in [-0.15, -0.1) is 0 Å². The largest absolute Gasteiger partial charge is 0.379 e. The summed E-state index contributed by atoms with van der Waals surface area (Å²) in [4.78, 5) is 9.56. The van der Waals surface area contributed by atoms with Gasteiger partial charge in [-0.2, -0.15) is 0 Å². The summed E-state index contributed by atoms with van der Waals surface area (Å²) in [6, 6.07) is 7.19. The second kappa shape index (κ2) is 11.4. The van der Waals surface area contributed by atoms with E-state index in [4.69, 9.17) is 9.73 Å². The lowest BCUT2D eigenvalue weighted by Crippen LogP contribution is -2.51. The lowest BCUT2D eigenvalue weighted by Gasteiger charge is -2.35. The second-order valence-corrected chi connectivity index (χ2v) is 8.15. The molecule has 2 fully saturated rings. The van der Waals surface area contributed by atoms with Gasteiger partial charge in [0, 0.05) is 57.5 Å². The van der Waals surface area contributed by atoms with Crippen molar-refractivity contribution in [2.45, 2.75) is 32.7 Å². The van der Waals surface area contributed by atoms with Gasteiger partial charge < -0.3 is 20.3 Å². The molecule has 2 N–H and O–H groups in total. The quantitative estimate of drug-likeness (QED) is 0.539. The summed E-state index contributed by atoms with van der Waals surface area (Å²) >= 11 is 0. The predicted octanol–water partition coefficient (Wildman–Crippen LogP) is 2.32. The number of hydrogen-bond donors (Lipinski definition) is 2. The predicted molar refractivity (Wildman–Crippen MR) is 117 cm³/mol. The van der Waals surface area contributed by atoms with Gasteiger partial charge in [0.25, 0.3) is 0 Å². The zero-order chi connectivity index (χ0) is 20.5. The number of halogens is 1. The standard InChI is InChI=1S/C22H36FN5O/c1-3-24-22(25-15-18(2)16-27-10-12-29-13-11-27)26-20-7-5-9-28(17-20)21-8-4-6-19(23)14-21/h4,6,8,14,18,20H,3,5,7,9-13,15-17H2,1-2H3,(H2,24,25,26). The highest BCUT2D eigenvalue weighted by Gasteiger charge is 2.21. The van der Waals surface area contributed by atoms with E-state index in [-0.39, 0.29) is 5.82 Å². The summed E-state index contributed by atoms with van der Waals surface area (Å²) in [5, 5.41) is 6.98. The van der Waals surface area contributed by atoms with E-state index in [1.54, 1.807) is 12.1 Å². The Morgan fingerprint density at radius 3 is 2.90 bits per heavy atom. The fraction of sp³-hybridized carbons (Fsp3) is 0.682. The molecule has 162 valence electrons. The molecule has 2 aliphatic rings. The number of benzene rings is 1. The number of hydrogen-bond acceptors (Lipinski definition) is 4. The number of guanidine groups is 1. The molecule has 2 saturated heterocycles. The van der Waals surface area contributed by atoms with Gasteiger partial charge in [-0.1, -0.05) is 13.0 Å². The molecule has 3 rings (SSSR count). The number of nitrogens with zero attached hydrogens (tertiary/aromatic N) is 3. The van der Waals surface area contributed by atoms with Crippen LogP contribution in [0.3, 0.4) is 0 Å². The Morgan fingerprint density at radius 2 is 2.14 bits per heavy atom. The van der Waals surface area contributed by atoms with Gasteiger partial charge >= 0.3 is 0 Å². The van der Waals surface area contributed by atoms with Crippen molar-refractivity contribution < 1.29 is 9.13 Å². The Kier molecular flexibility index (Phi) is 8.55. The minimum atomic E-state index is -0.179. The van der Waals surface area contributed by atoms with E-state index < -0.39 is 0 Å². The lowest BCUT2D eigenvalue weighted by atomic mass is 10.0. The van der Waals surface area contributed by atoms with Crippen molar-refractivity contribution in [1.29, 1.82) is 0 Å². The number of aliphatic imine (C=N–C) groups is 1. The molecule has 2 unspecified atom stereocenters. The number of anilines is 1. The summed E-state index contributed by atoms with van der Waals surface area (Å²) < 4.78 is 19.0. The first-order valence-corrected chi connectivity index (χ1v) is 11.0. The molecule has 29 heavy (non-hydrogen) atoms. The van der Waals surface area contributed by atoms with Crippen molar-refractivity contribution >= 4 is 11.6 Å². The average Bonchev–Trinajstić information content (AvgIpc) is 2.73. The van der Waals surface area contributed by atoms with Crippen molar-refractivity contribution in [3.8, 4) is 0 Å². The maximum absolute atomic E-state index is 13.6. The van der Waals surface area contributed by atoms with Crippen molar-refractivity contribution in [1.82, 2.24) is 15.5 Å². The summed E-state index contributed by atoms with van der Waals surface area (Å²) in [6.45, 7) is 12.6. The minimum Gasteiger partial charge on any atom is -0.379 e. The maximum Gasteiger partial charge on any atom is 0.191 e. The molecule has 0 aliphatic carbocycles. The van der Waals surface area contributed by atoms with Crippen LogP contribution in [0.1, 0.15) is 26.7 Å². The van der Waals surface area contributed by atoms with E-state index in [1.165, 1.54) is 6.07 Å². The maximum atomic E-state index is 13.6. The van der Waals surface area contributed by atoms with Crippen LogP contribution in [-0.2, 0) is 4.74 Å². The zero-order valence-corrected chi connectivity index (χ0v) is 17.9. The molecular weight excluding hydrogens is 369 g/mol. The Bertz CT molecular complexity index is 650. The van der Waals surface area contributed by atoms with Gasteiger partial charge in [-0.05, 0) is 43.9 Å². The molecule has 0 amide bonds. The van der Waals surface area contributed by atoms with Crippen LogP contribution in [0.15, 0.2) is 29.3 Å². The molecule has 0 spiro atoms. The van der Waals surface area contributed by atoms with E-state index in [0.717, 1.165) is 83.5 Å². The molecule has 1 aromatic rings. The topological polar surface area (TPSA) is 52.1 Å². The summed E-state index contributed by atoms with van der Waals surface area (Å²) in [7, 11) is 0. The fourth-order valence-corrected chi connectivity index (χ4v) is 4.05. The molecule has 1 aromatic carbocycles. The Hall–Kier alpha value is -1.86. The van der Waals surface area contributed by atoms with Gasteiger partial charge in [0.15, 0.2) is 5.96 Å². The van der Waals surface area contributed by atoms with Gasteiger partial charge in [-0.3, -0.25) is 9.89 Å². The van der Waals surface area contributed by atoms with E-state index >= 15 is 0 Å².